The lowest BCUT2D eigenvalue weighted by Crippen LogP contribution is -2.29. The molecule has 1 saturated carbocycles. The zero-order valence-corrected chi connectivity index (χ0v) is 12.3. The van der Waals surface area contributed by atoms with Crippen molar-refractivity contribution < 1.29 is 4.74 Å². The number of rotatable bonds is 4. The van der Waals surface area contributed by atoms with Crippen LogP contribution in [-0.4, -0.2) is 17.0 Å². The maximum absolute atomic E-state index is 6.39. The van der Waals surface area contributed by atoms with E-state index in [9.17, 15) is 0 Å². The summed E-state index contributed by atoms with van der Waals surface area (Å²) in [4.78, 5) is 0. The van der Waals surface area contributed by atoms with Crippen LogP contribution in [0.3, 0.4) is 0 Å². The van der Waals surface area contributed by atoms with Crippen molar-refractivity contribution in [3.8, 4) is 0 Å². The van der Waals surface area contributed by atoms with Crippen LogP contribution in [0.1, 0.15) is 65.2 Å². The van der Waals surface area contributed by atoms with E-state index in [0.29, 0.717) is 17.1 Å². The standard InChI is InChI=1S/C14H25BrO/c1-3-13(2,11-15)10-12-6-9-14(16-12)7-4-5-8-14/h12H,3-11H2,1-2H3. The van der Waals surface area contributed by atoms with Gasteiger partial charge in [-0.15, -0.1) is 0 Å². The van der Waals surface area contributed by atoms with Gasteiger partial charge in [0.15, 0.2) is 0 Å². The minimum absolute atomic E-state index is 0.311. The van der Waals surface area contributed by atoms with Gasteiger partial charge >= 0.3 is 0 Å². The Bertz CT molecular complexity index is 229. The lowest BCUT2D eigenvalue weighted by atomic mass is 9.83. The molecule has 1 nitrogen and oxygen atoms in total. The average molecular weight is 289 g/mol. The molecule has 2 fully saturated rings. The van der Waals surface area contributed by atoms with Crippen LogP contribution in [-0.2, 0) is 4.74 Å². The van der Waals surface area contributed by atoms with Crippen molar-refractivity contribution in [3.63, 3.8) is 0 Å². The molecule has 1 heterocycles. The molecular weight excluding hydrogens is 264 g/mol. The normalized spacial score (nSPS) is 32.1. The Morgan fingerprint density at radius 2 is 2.00 bits per heavy atom. The summed E-state index contributed by atoms with van der Waals surface area (Å²) in [6.07, 6.45) is 11.0. The summed E-state index contributed by atoms with van der Waals surface area (Å²) in [5.41, 5.74) is 0.737. The van der Waals surface area contributed by atoms with Gasteiger partial charge in [-0.3, -0.25) is 0 Å². The number of ether oxygens (including phenoxy) is 1. The van der Waals surface area contributed by atoms with Crippen LogP contribution in [0.15, 0.2) is 0 Å². The van der Waals surface area contributed by atoms with Gasteiger partial charge in [-0.05, 0) is 43.9 Å². The Labute approximate surface area is 108 Å². The molecule has 0 aromatic rings. The third-order valence-corrected chi connectivity index (χ3v) is 6.10. The van der Waals surface area contributed by atoms with Crippen molar-refractivity contribution in [1.82, 2.24) is 0 Å². The lowest BCUT2D eigenvalue weighted by molar-refractivity contribution is -0.0501. The zero-order valence-electron chi connectivity index (χ0n) is 10.7. The molecule has 1 aliphatic carbocycles. The van der Waals surface area contributed by atoms with Gasteiger partial charge in [-0.25, -0.2) is 0 Å². The fourth-order valence-corrected chi connectivity index (χ4v) is 3.89. The quantitative estimate of drug-likeness (QED) is 0.683. The molecule has 1 aliphatic heterocycles. The van der Waals surface area contributed by atoms with E-state index < -0.39 is 0 Å². The van der Waals surface area contributed by atoms with Crippen LogP contribution in [0.4, 0.5) is 0 Å². The van der Waals surface area contributed by atoms with Gasteiger partial charge in [0, 0.05) is 5.33 Å². The second-order valence-corrected chi connectivity index (χ2v) is 6.73. The highest BCUT2D eigenvalue weighted by molar-refractivity contribution is 9.09. The monoisotopic (exact) mass is 288 g/mol. The number of hydrogen-bond acceptors (Lipinski definition) is 1. The maximum Gasteiger partial charge on any atom is 0.0687 e. The van der Waals surface area contributed by atoms with Gasteiger partial charge in [0.25, 0.3) is 0 Å². The van der Waals surface area contributed by atoms with Crippen LogP contribution < -0.4 is 0 Å². The summed E-state index contributed by atoms with van der Waals surface area (Å²) >= 11 is 3.66. The molecular formula is C14H25BrO. The topological polar surface area (TPSA) is 9.23 Å². The third-order valence-electron chi connectivity index (χ3n) is 4.75. The number of halogens is 1. The van der Waals surface area contributed by atoms with Crippen LogP contribution in [0.5, 0.6) is 0 Å². The first-order chi connectivity index (χ1) is 7.61. The molecule has 94 valence electrons. The summed E-state index contributed by atoms with van der Waals surface area (Å²) in [7, 11) is 0. The SMILES string of the molecule is CCC(C)(CBr)CC1CCC2(CCCC2)O1. The van der Waals surface area contributed by atoms with E-state index in [2.05, 4.69) is 29.8 Å². The van der Waals surface area contributed by atoms with Gasteiger partial charge in [0.05, 0.1) is 11.7 Å². The van der Waals surface area contributed by atoms with Crippen LogP contribution in [0.25, 0.3) is 0 Å². The van der Waals surface area contributed by atoms with Crippen LogP contribution in [0.2, 0.25) is 0 Å². The molecule has 2 heteroatoms. The first-order valence-electron chi connectivity index (χ1n) is 6.85. The molecule has 0 bridgehead atoms. The smallest absolute Gasteiger partial charge is 0.0687 e. The van der Waals surface area contributed by atoms with Crippen molar-refractivity contribution in [1.29, 1.82) is 0 Å². The molecule has 2 aliphatic rings. The fraction of sp³-hybridized carbons (Fsp3) is 1.00. The Balaban J connectivity index is 1.89. The Morgan fingerprint density at radius 1 is 1.31 bits per heavy atom. The number of alkyl halides is 1. The molecule has 2 rings (SSSR count). The van der Waals surface area contributed by atoms with E-state index in [1.165, 1.54) is 51.4 Å². The maximum atomic E-state index is 6.39. The lowest BCUT2D eigenvalue weighted by Gasteiger charge is -2.30. The molecule has 16 heavy (non-hydrogen) atoms. The molecule has 1 spiro atoms. The van der Waals surface area contributed by atoms with Crippen molar-refractivity contribution in [2.24, 2.45) is 5.41 Å². The second kappa shape index (κ2) is 4.97. The van der Waals surface area contributed by atoms with Crippen LogP contribution >= 0.6 is 15.9 Å². The van der Waals surface area contributed by atoms with Gasteiger partial charge in [-0.2, -0.15) is 0 Å². The molecule has 2 atom stereocenters. The largest absolute Gasteiger partial charge is 0.372 e. The predicted octanol–water partition coefficient (Wildman–Crippen LogP) is 4.68. The predicted molar refractivity (Wildman–Crippen MR) is 72.1 cm³/mol. The van der Waals surface area contributed by atoms with Gasteiger partial charge < -0.3 is 4.74 Å². The molecule has 0 N–H and O–H groups in total. The molecule has 0 aromatic heterocycles. The van der Waals surface area contributed by atoms with Gasteiger partial charge in [0.2, 0.25) is 0 Å². The fourth-order valence-electron chi connectivity index (χ4n) is 3.27. The average Bonchev–Trinajstić information content (AvgIpc) is 2.90. The molecule has 0 aromatic carbocycles. The van der Waals surface area contributed by atoms with Gasteiger partial charge in [0.1, 0.15) is 0 Å². The molecule has 0 amide bonds. The minimum atomic E-state index is 0.311. The third kappa shape index (κ3) is 2.64. The summed E-state index contributed by atoms with van der Waals surface area (Å²) < 4.78 is 6.39. The molecule has 0 radical (unpaired) electrons. The highest BCUT2D eigenvalue weighted by atomic mass is 79.9. The van der Waals surface area contributed by atoms with Crippen molar-refractivity contribution >= 4 is 15.9 Å². The van der Waals surface area contributed by atoms with E-state index in [1.807, 2.05) is 0 Å². The zero-order chi connectivity index (χ0) is 11.6. The summed E-state index contributed by atoms with van der Waals surface area (Å²) in [6.45, 7) is 4.67. The molecule has 2 unspecified atom stereocenters. The van der Waals surface area contributed by atoms with E-state index in [0.717, 1.165) is 5.33 Å². The van der Waals surface area contributed by atoms with Crippen molar-refractivity contribution in [3.05, 3.63) is 0 Å². The Hall–Kier alpha value is 0.440. The van der Waals surface area contributed by atoms with Crippen molar-refractivity contribution in [2.75, 3.05) is 5.33 Å². The summed E-state index contributed by atoms with van der Waals surface area (Å²) in [5, 5.41) is 1.10. The van der Waals surface area contributed by atoms with E-state index in [-0.39, 0.29) is 0 Å². The van der Waals surface area contributed by atoms with E-state index in [1.54, 1.807) is 0 Å². The second-order valence-electron chi connectivity index (χ2n) is 6.17. The van der Waals surface area contributed by atoms with E-state index >= 15 is 0 Å². The Morgan fingerprint density at radius 3 is 2.56 bits per heavy atom. The van der Waals surface area contributed by atoms with Crippen LogP contribution in [0, 0.1) is 5.41 Å². The molecule has 1 saturated heterocycles. The van der Waals surface area contributed by atoms with Gasteiger partial charge in [-0.1, -0.05) is 42.6 Å². The summed E-state index contributed by atoms with van der Waals surface area (Å²) in [6, 6.07) is 0. The highest BCUT2D eigenvalue weighted by Gasteiger charge is 2.43. The van der Waals surface area contributed by atoms with E-state index in [4.69, 9.17) is 4.74 Å². The highest BCUT2D eigenvalue weighted by Crippen LogP contribution is 2.46. The minimum Gasteiger partial charge on any atom is -0.372 e. The first-order valence-corrected chi connectivity index (χ1v) is 7.97. The van der Waals surface area contributed by atoms with Crippen molar-refractivity contribution in [2.45, 2.75) is 76.9 Å². The first kappa shape index (κ1) is 12.9. The Kier molecular flexibility index (Phi) is 4.01. The number of hydrogen-bond donors (Lipinski definition) is 0. The summed E-state index contributed by atoms with van der Waals surface area (Å²) in [5.74, 6) is 0.